The van der Waals surface area contributed by atoms with Gasteiger partial charge in [-0.15, -0.1) is 4.37 Å². The van der Waals surface area contributed by atoms with E-state index in [0.29, 0.717) is 17.0 Å². The average molecular weight is 427 g/mol. The van der Waals surface area contributed by atoms with Crippen LogP contribution < -0.4 is 10.5 Å². The van der Waals surface area contributed by atoms with Crippen molar-refractivity contribution in [2.45, 2.75) is 72.1 Å². The third kappa shape index (κ3) is 6.49. The Labute approximate surface area is 179 Å². The maximum absolute atomic E-state index is 12.4. The van der Waals surface area contributed by atoms with E-state index in [1.807, 2.05) is 20.8 Å². The van der Waals surface area contributed by atoms with E-state index in [-0.39, 0.29) is 24.2 Å². The lowest BCUT2D eigenvalue weighted by atomic mass is 10.0. The van der Waals surface area contributed by atoms with E-state index >= 15 is 0 Å². The largest absolute Gasteiger partial charge is 0.475 e. The lowest BCUT2D eigenvalue weighted by molar-refractivity contribution is -0.944. The minimum absolute atomic E-state index is 0.162. The van der Waals surface area contributed by atoms with Gasteiger partial charge >= 0.3 is 5.97 Å². The summed E-state index contributed by atoms with van der Waals surface area (Å²) in [4.78, 5) is 12.4. The van der Waals surface area contributed by atoms with Gasteiger partial charge in [0.15, 0.2) is 6.04 Å². The molecule has 0 saturated heterocycles. The van der Waals surface area contributed by atoms with Crippen LogP contribution in [0.5, 0.6) is 5.88 Å². The zero-order chi connectivity index (χ0) is 21.4. The second-order valence-electron chi connectivity index (χ2n) is 8.59. The van der Waals surface area contributed by atoms with Crippen molar-refractivity contribution in [3.05, 3.63) is 11.8 Å². The van der Waals surface area contributed by atoms with E-state index in [2.05, 4.69) is 34.5 Å². The molecule has 3 atom stereocenters. The smallest absolute Gasteiger partial charge is 0.369 e. The molecule has 0 spiro atoms. The first-order valence-corrected chi connectivity index (χ1v) is 11.5. The third-order valence-corrected chi connectivity index (χ3v) is 6.35. The number of nitrogens with zero attached hydrogens (tertiary/aromatic N) is 3. The number of esters is 1. The van der Waals surface area contributed by atoms with Crippen molar-refractivity contribution in [1.82, 2.24) is 8.75 Å². The highest BCUT2D eigenvalue weighted by atomic mass is 32.1. The summed E-state index contributed by atoms with van der Waals surface area (Å²) in [7, 11) is 2.13. The monoisotopic (exact) mass is 426 g/mol. The van der Waals surface area contributed by atoms with E-state index in [1.54, 1.807) is 0 Å². The molecular formula is C21H38N4O3S+2. The average Bonchev–Trinajstić information content (AvgIpc) is 3.15. The number of likely N-dealkylation sites (N-methyl/N-ethyl adjacent to an activating group) is 1. The summed E-state index contributed by atoms with van der Waals surface area (Å²) >= 11 is 1.19. The molecule has 3 N–H and O–H groups in total. The van der Waals surface area contributed by atoms with Gasteiger partial charge in [-0.25, -0.2) is 4.79 Å². The summed E-state index contributed by atoms with van der Waals surface area (Å²) < 4.78 is 21.2. The van der Waals surface area contributed by atoms with Crippen molar-refractivity contribution in [1.29, 1.82) is 0 Å². The Morgan fingerprint density at radius 1 is 1.28 bits per heavy atom. The topological polar surface area (TPSA) is 89.0 Å². The van der Waals surface area contributed by atoms with Gasteiger partial charge in [0.1, 0.15) is 12.2 Å². The molecule has 2 rings (SSSR count). The maximum atomic E-state index is 12.4. The highest BCUT2D eigenvalue weighted by Gasteiger charge is 2.38. The fourth-order valence-electron chi connectivity index (χ4n) is 3.37. The standard InChI is InChI=1S/C21H37N4O3S/c1-6-7-8-9-13-27-20-19(23-29-24-20)17-11-10-12-25(5,14-17)16(4)28-21(26)18(22)15(2)3/h11,15-16,18H,6-10,12-14,22H2,1-5H3/q+1/p+1/t16-,18-,25?/m0/s1. The first-order valence-electron chi connectivity index (χ1n) is 10.8. The lowest BCUT2D eigenvalue weighted by Gasteiger charge is -2.41. The summed E-state index contributed by atoms with van der Waals surface area (Å²) in [5.74, 6) is 0.567. The second kappa shape index (κ2) is 11.0. The van der Waals surface area contributed by atoms with E-state index in [1.165, 1.54) is 31.0 Å². The number of carbonyl (C=O) groups excluding carboxylic acids is 1. The Kier molecular flexibility index (Phi) is 9.04. The molecule has 0 aliphatic carbocycles. The van der Waals surface area contributed by atoms with Crippen molar-refractivity contribution in [3.63, 3.8) is 0 Å². The predicted octanol–water partition coefficient (Wildman–Crippen LogP) is 2.89. The van der Waals surface area contributed by atoms with Crippen LogP contribution in [0, 0.1) is 5.92 Å². The molecule has 1 aromatic rings. The molecule has 1 unspecified atom stereocenters. The third-order valence-electron chi connectivity index (χ3n) is 5.83. The second-order valence-corrected chi connectivity index (χ2v) is 9.12. The van der Waals surface area contributed by atoms with Gasteiger partial charge in [-0.05, 0) is 6.42 Å². The Bertz CT molecular complexity index is 691. The Balaban J connectivity index is 2.00. The molecule has 0 fully saturated rings. The molecule has 0 amide bonds. The summed E-state index contributed by atoms with van der Waals surface area (Å²) in [6.07, 6.45) is 7.52. The van der Waals surface area contributed by atoms with Gasteiger partial charge in [0, 0.05) is 24.8 Å². The summed E-state index contributed by atoms with van der Waals surface area (Å²) in [5.41, 5.74) is 5.90. The van der Waals surface area contributed by atoms with E-state index in [0.717, 1.165) is 37.2 Å². The Hall–Kier alpha value is -1.51. The van der Waals surface area contributed by atoms with Crippen LogP contribution in [0.25, 0.3) is 5.57 Å². The molecule has 0 saturated carbocycles. The van der Waals surface area contributed by atoms with E-state index < -0.39 is 0 Å². The van der Waals surface area contributed by atoms with Gasteiger partial charge < -0.3 is 15.2 Å². The predicted molar refractivity (Wildman–Crippen MR) is 115 cm³/mol. The molecule has 29 heavy (non-hydrogen) atoms. The fraction of sp³-hybridized carbons (Fsp3) is 0.762. The molecule has 0 aromatic carbocycles. The van der Waals surface area contributed by atoms with Crippen LogP contribution >= 0.6 is 11.7 Å². The molecular weight excluding hydrogens is 388 g/mol. The van der Waals surface area contributed by atoms with Crippen LogP contribution in [-0.2, 0) is 9.53 Å². The van der Waals surface area contributed by atoms with Gasteiger partial charge in [0.25, 0.3) is 5.88 Å². The molecule has 2 heterocycles. The first-order chi connectivity index (χ1) is 13.8. The summed E-state index contributed by atoms with van der Waals surface area (Å²) in [6.45, 7) is 10.5. The summed E-state index contributed by atoms with van der Waals surface area (Å²) in [6, 6.07) is -0.348. The SMILES string of the molecule is CCCCCCOc1nsnc1C1=CCC[N+](C)([C@H](C)OC(=O)[C@@H]([NH3+])C(C)C)C1. The number of ether oxygens (including phenoxy) is 2. The van der Waals surface area contributed by atoms with Crippen LogP contribution in [0.15, 0.2) is 6.08 Å². The zero-order valence-corrected chi connectivity index (χ0v) is 19.5. The van der Waals surface area contributed by atoms with E-state index in [4.69, 9.17) is 9.47 Å². The number of hydrogen-bond acceptors (Lipinski definition) is 6. The minimum atomic E-state index is -0.348. The highest BCUT2D eigenvalue weighted by molar-refractivity contribution is 6.99. The molecule has 8 heteroatoms. The number of quaternary nitrogens is 2. The number of hydrogen-bond donors (Lipinski definition) is 1. The molecule has 0 radical (unpaired) electrons. The van der Waals surface area contributed by atoms with Crippen LogP contribution in [0.1, 0.15) is 65.5 Å². The van der Waals surface area contributed by atoms with E-state index in [9.17, 15) is 4.79 Å². The van der Waals surface area contributed by atoms with Crippen molar-refractivity contribution >= 4 is 23.3 Å². The number of unbranched alkanes of at least 4 members (excludes halogenated alkanes) is 3. The first kappa shape index (κ1) is 23.8. The zero-order valence-electron chi connectivity index (χ0n) is 18.6. The molecule has 7 nitrogen and oxygen atoms in total. The normalized spacial score (nSPS) is 21.6. The van der Waals surface area contributed by atoms with Crippen LogP contribution in [-0.4, -0.2) is 58.2 Å². The fourth-order valence-corrected chi connectivity index (χ4v) is 3.90. The van der Waals surface area contributed by atoms with Crippen molar-refractivity contribution in [2.75, 3.05) is 26.7 Å². The lowest BCUT2D eigenvalue weighted by Crippen LogP contribution is -2.69. The van der Waals surface area contributed by atoms with Gasteiger partial charge in [-0.1, -0.05) is 46.1 Å². The van der Waals surface area contributed by atoms with Gasteiger partial charge in [-0.2, -0.15) is 4.37 Å². The quantitative estimate of drug-likeness (QED) is 0.334. The molecule has 0 bridgehead atoms. The van der Waals surface area contributed by atoms with Crippen LogP contribution in [0.4, 0.5) is 0 Å². The van der Waals surface area contributed by atoms with Crippen LogP contribution in [0.2, 0.25) is 0 Å². The number of aromatic nitrogens is 2. The van der Waals surface area contributed by atoms with Crippen LogP contribution in [0.3, 0.4) is 0 Å². The van der Waals surface area contributed by atoms with Crippen molar-refractivity contribution in [3.8, 4) is 5.88 Å². The maximum Gasteiger partial charge on any atom is 0.369 e. The van der Waals surface area contributed by atoms with Gasteiger partial charge in [-0.3, -0.25) is 4.48 Å². The minimum Gasteiger partial charge on any atom is -0.475 e. The van der Waals surface area contributed by atoms with Gasteiger partial charge in [0.2, 0.25) is 6.23 Å². The van der Waals surface area contributed by atoms with Gasteiger partial charge in [0.05, 0.1) is 31.9 Å². The molecule has 1 aliphatic heterocycles. The summed E-state index contributed by atoms with van der Waals surface area (Å²) in [5, 5.41) is 0. The van der Waals surface area contributed by atoms with Crippen molar-refractivity contribution < 1.29 is 24.5 Å². The number of carbonyl (C=O) groups is 1. The molecule has 1 aromatic heterocycles. The molecule has 164 valence electrons. The number of rotatable bonds is 11. The van der Waals surface area contributed by atoms with Crippen molar-refractivity contribution in [2.24, 2.45) is 5.92 Å². The Morgan fingerprint density at radius 3 is 2.72 bits per heavy atom. The Morgan fingerprint density at radius 2 is 2.03 bits per heavy atom. The molecule has 1 aliphatic rings. The highest BCUT2D eigenvalue weighted by Crippen LogP contribution is 2.31.